The fraction of sp³-hybridized carbons (Fsp3) is 0.308. The van der Waals surface area contributed by atoms with E-state index in [1.165, 1.54) is 12.0 Å². The molecule has 1 aliphatic rings. The largest absolute Gasteiger partial charge is 0.506 e. The molecule has 0 N–H and O–H groups in total. The van der Waals surface area contributed by atoms with Gasteiger partial charge in [0.15, 0.2) is 0 Å². The summed E-state index contributed by atoms with van der Waals surface area (Å²) in [5, 5.41) is 0.445. The zero-order valence-corrected chi connectivity index (χ0v) is 13.5. The SMILES string of the molecule is COC(=C1CCC1)c1ccc(C=O)[c-]c1Cl.[Nd]. The van der Waals surface area contributed by atoms with Crippen molar-refractivity contribution in [2.75, 3.05) is 7.11 Å². The maximum atomic E-state index is 10.6. The van der Waals surface area contributed by atoms with Crippen LogP contribution in [0.5, 0.6) is 0 Å². The molecule has 1 aromatic rings. The zero-order chi connectivity index (χ0) is 11.5. The molecule has 0 atom stereocenters. The van der Waals surface area contributed by atoms with Crippen molar-refractivity contribution in [2.24, 2.45) is 0 Å². The van der Waals surface area contributed by atoms with Crippen LogP contribution < -0.4 is 0 Å². The van der Waals surface area contributed by atoms with Gasteiger partial charge in [-0.3, -0.25) is 0 Å². The van der Waals surface area contributed by atoms with Gasteiger partial charge in [0.25, 0.3) is 0 Å². The van der Waals surface area contributed by atoms with Crippen molar-refractivity contribution in [3.63, 3.8) is 0 Å². The first-order valence-corrected chi connectivity index (χ1v) is 5.57. The van der Waals surface area contributed by atoms with Crippen LogP contribution in [0.1, 0.15) is 35.2 Å². The van der Waals surface area contributed by atoms with E-state index >= 15 is 0 Å². The predicted octanol–water partition coefficient (Wildman–Crippen LogP) is 3.49. The first-order chi connectivity index (χ1) is 7.76. The van der Waals surface area contributed by atoms with Crippen molar-refractivity contribution >= 4 is 23.6 Å². The molecule has 0 bridgehead atoms. The number of methoxy groups -OCH3 is 1. The summed E-state index contributed by atoms with van der Waals surface area (Å²) in [6.07, 6.45) is 4.07. The molecule has 2 nitrogen and oxygen atoms in total. The second-order valence-corrected chi connectivity index (χ2v) is 4.13. The van der Waals surface area contributed by atoms with Crippen LogP contribution in [0.2, 0.25) is 5.02 Å². The van der Waals surface area contributed by atoms with Gasteiger partial charge in [0.2, 0.25) is 0 Å². The monoisotopic (exact) mass is 377 g/mol. The quantitative estimate of drug-likeness (QED) is 0.456. The van der Waals surface area contributed by atoms with Gasteiger partial charge >= 0.3 is 0 Å². The van der Waals surface area contributed by atoms with Gasteiger partial charge in [-0.15, -0.1) is 35.4 Å². The van der Waals surface area contributed by atoms with E-state index in [-0.39, 0.29) is 40.8 Å². The molecule has 88 valence electrons. The van der Waals surface area contributed by atoms with E-state index in [1.807, 2.05) is 6.07 Å². The molecule has 0 radical (unpaired) electrons. The summed E-state index contributed by atoms with van der Waals surface area (Å²) in [5.41, 5.74) is 2.57. The molecule has 2 rings (SSSR count). The van der Waals surface area contributed by atoms with Crippen LogP contribution in [-0.2, 0) is 4.74 Å². The van der Waals surface area contributed by atoms with Crippen LogP contribution in [0, 0.1) is 46.9 Å². The van der Waals surface area contributed by atoms with E-state index in [0.29, 0.717) is 10.6 Å². The maximum absolute atomic E-state index is 10.6. The number of carbonyl (C=O) groups excluding carboxylic acids is 1. The van der Waals surface area contributed by atoms with Crippen LogP contribution >= 0.6 is 11.6 Å². The number of hydrogen-bond acceptors (Lipinski definition) is 2. The number of benzene rings is 1. The minimum absolute atomic E-state index is 0. The molecule has 4 heteroatoms. The minimum Gasteiger partial charge on any atom is -0.506 e. The maximum Gasteiger partial charge on any atom is 0.0853 e. The third-order valence-corrected chi connectivity index (χ3v) is 3.07. The van der Waals surface area contributed by atoms with E-state index < -0.39 is 0 Å². The van der Waals surface area contributed by atoms with Crippen molar-refractivity contribution in [1.29, 1.82) is 0 Å². The van der Waals surface area contributed by atoms with Gasteiger partial charge in [-0.1, -0.05) is 0 Å². The topological polar surface area (TPSA) is 26.3 Å². The van der Waals surface area contributed by atoms with E-state index in [1.54, 1.807) is 13.2 Å². The molecule has 1 fully saturated rings. The number of aldehydes is 1. The molecule has 1 aliphatic carbocycles. The van der Waals surface area contributed by atoms with Crippen LogP contribution in [0.4, 0.5) is 0 Å². The molecule has 17 heavy (non-hydrogen) atoms. The first-order valence-electron chi connectivity index (χ1n) is 5.19. The Balaban J connectivity index is 0.00000144. The summed E-state index contributed by atoms with van der Waals surface area (Å²) in [4.78, 5) is 10.6. The summed E-state index contributed by atoms with van der Waals surface area (Å²) in [6.45, 7) is 0. The van der Waals surface area contributed by atoms with Gasteiger partial charge in [-0.25, -0.2) is 0 Å². The van der Waals surface area contributed by atoms with Gasteiger partial charge < -0.3 is 9.53 Å². The third-order valence-electron chi connectivity index (χ3n) is 2.77. The molecule has 1 aromatic carbocycles. The van der Waals surface area contributed by atoms with Crippen LogP contribution in [-0.4, -0.2) is 13.4 Å². The zero-order valence-electron chi connectivity index (χ0n) is 9.55. The molecule has 0 aliphatic heterocycles. The molecule has 0 heterocycles. The predicted molar refractivity (Wildman–Crippen MR) is 63.5 cm³/mol. The molecular weight excluding hydrogens is 368 g/mol. The normalized spacial score (nSPS) is 13.4. The molecule has 0 aromatic heterocycles. The van der Waals surface area contributed by atoms with Crippen molar-refractivity contribution in [2.45, 2.75) is 19.3 Å². The second-order valence-electron chi connectivity index (χ2n) is 3.75. The Morgan fingerprint density at radius 2 is 2.18 bits per heavy atom. The summed E-state index contributed by atoms with van der Waals surface area (Å²) < 4.78 is 5.38. The number of allylic oxidation sites excluding steroid dienone is 1. The van der Waals surface area contributed by atoms with Gasteiger partial charge in [0.05, 0.1) is 19.2 Å². The number of ether oxygens (including phenoxy) is 1. The Morgan fingerprint density at radius 3 is 2.59 bits per heavy atom. The molecule has 0 amide bonds. The fourth-order valence-corrected chi connectivity index (χ4v) is 2.01. The standard InChI is InChI=1S/C13H12ClO2.Nd/c1-16-13(10-3-2-4-10)11-6-5-9(8-15)7-12(11)14;/h5-6,8H,2-4H2,1H3;/q-1;. The van der Waals surface area contributed by atoms with Crippen LogP contribution in [0.25, 0.3) is 5.76 Å². The molecule has 1 saturated carbocycles. The van der Waals surface area contributed by atoms with E-state index in [2.05, 4.69) is 6.07 Å². The fourth-order valence-electron chi connectivity index (χ4n) is 1.75. The Kier molecular flexibility index (Phi) is 6.10. The molecule has 0 unspecified atom stereocenters. The first kappa shape index (κ1) is 15.1. The second kappa shape index (κ2) is 6.86. The van der Waals surface area contributed by atoms with Gasteiger partial charge in [0, 0.05) is 40.8 Å². The summed E-state index contributed by atoms with van der Waals surface area (Å²) in [6, 6.07) is 6.34. The van der Waals surface area contributed by atoms with E-state index in [4.69, 9.17) is 16.3 Å². The summed E-state index contributed by atoms with van der Waals surface area (Å²) >= 11 is 6.08. The summed E-state index contributed by atoms with van der Waals surface area (Å²) in [5.74, 6) is 0.838. The van der Waals surface area contributed by atoms with E-state index in [0.717, 1.165) is 30.5 Å². The Bertz CT molecular complexity index is 449. The Labute approximate surface area is 139 Å². The van der Waals surface area contributed by atoms with Crippen LogP contribution in [0.15, 0.2) is 17.7 Å². The van der Waals surface area contributed by atoms with Crippen molar-refractivity contribution in [3.8, 4) is 0 Å². The number of hydrogen-bond donors (Lipinski definition) is 0. The minimum atomic E-state index is 0. The molecular formula is C13H12ClNdO2-. The van der Waals surface area contributed by atoms with Crippen molar-refractivity contribution < 1.29 is 50.4 Å². The van der Waals surface area contributed by atoms with Gasteiger partial charge in [-0.05, 0) is 35.4 Å². The third kappa shape index (κ3) is 3.30. The van der Waals surface area contributed by atoms with Gasteiger partial charge in [0.1, 0.15) is 0 Å². The molecule has 0 saturated heterocycles. The smallest absolute Gasteiger partial charge is 0.0853 e. The summed E-state index contributed by atoms with van der Waals surface area (Å²) in [7, 11) is 1.64. The van der Waals surface area contributed by atoms with Crippen molar-refractivity contribution in [3.05, 3.63) is 39.9 Å². The number of carbonyl (C=O) groups is 1. The average molecular weight is 380 g/mol. The Morgan fingerprint density at radius 1 is 1.47 bits per heavy atom. The number of rotatable bonds is 3. The van der Waals surface area contributed by atoms with Crippen molar-refractivity contribution in [1.82, 2.24) is 0 Å². The van der Waals surface area contributed by atoms with Crippen LogP contribution in [0.3, 0.4) is 0 Å². The van der Waals surface area contributed by atoms with Gasteiger partial charge in [-0.2, -0.15) is 0 Å². The molecule has 0 spiro atoms. The van der Waals surface area contributed by atoms with E-state index in [9.17, 15) is 4.79 Å². The Hall–Kier alpha value is 0.0706. The number of halogens is 1. The average Bonchev–Trinajstić information content (AvgIpc) is 2.23.